The molecule has 1 amide bonds. The second kappa shape index (κ2) is 10.0. The van der Waals surface area contributed by atoms with Gasteiger partial charge in [0.05, 0.1) is 13.7 Å². The van der Waals surface area contributed by atoms with Crippen LogP contribution in [-0.2, 0) is 11.3 Å². The molecule has 0 unspecified atom stereocenters. The van der Waals surface area contributed by atoms with E-state index in [1.807, 2.05) is 45.0 Å². The molecule has 7 nitrogen and oxygen atoms in total. The van der Waals surface area contributed by atoms with Crippen molar-refractivity contribution in [3.63, 3.8) is 0 Å². The fourth-order valence-corrected chi connectivity index (χ4v) is 3.31. The van der Waals surface area contributed by atoms with Gasteiger partial charge in [-0.05, 0) is 56.2 Å². The van der Waals surface area contributed by atoms with Crippen molar-refractivity contribution >= 4 is 16.9 Å². The van der Waals surface area contributed by atoms with E-state index in [9.17, 15) is 9.59 Å². The monoisotopic (exact) mass is 425 g/mol. The van der Waals surface area contributed by atoms with Crippen LogP contribution >= 0.6 is 0 Å². The highest BCUT2D eigenvalue weighted by Crippen LogP contribution is 2.28. The van der Waals surface area contributed by atoms with E-state index in [4.69, 9.17) is 18.6 Å². The summed E-state index contributed by atoms with van der Waals surface area (Å²) in [6, 6.07) is 12.3. The van der Waals surface area contributed by atoms with E-state index in [1.165, 1.54) is 6.07 Å². The maximum absolute atomic E-state index is 12.7. The maximum Gasteiger partial charge on any atom is 0.336 e. The molecule has 7 heteroatoms. The largest absolute Gasteiger partial charge is 0.493 e. The zero-order chi connectivity index (χ0) is 22.4. The quantitative estimate of drug-likeness (QED) is 0.483. The molecular formula is C24H27NO6. The summed E-state index contributed by atoms with van der Waals surface area (Å²) in [4.78, 5) is 26.0. The lowest BCUT2D eigenvalue weighted by Crippen LogP contribution is -2.34. The zero-order valence-corrected chi connectivity index (χ0v) is 18.3. The highest BCUT2D eigenvalue weighted by atomic mass is 16.5. The molecule has 2 aromatic carbocycles. The summed E-state index contributed by atoms with van der Waals surface area (Å²) in [5, 5.41) is 0.831. The van der Waals surface area contributed by atoms with Crippen LogP contribution < -0.4 is 19.8 Å². The lowest BCUT2D eigenvalue weighted by molar-refractivity contribution is -0.133. The zero-order valence-electron chi connectivity index (χ0n) is 18.3. The number of aryl methyl sites for hydroxylation is 1. The standard InChI is InChI=1S/C24H27NO6/c1-5-25(14-17-7-10-20(29-6-2)22(12-17)28-4)23(26)15-30-18-8-9-19-16(3)11-24(27)31-21(19)13-18/h7-13H,5-6,14-15H2,1-4H3. The summed E-state index contributed by atoms with van der Waals surface area (Å²) in [5.74, 6) is 1.62. The fourth-order valence-electron chi connectivity index (χ4n) is 3.31. The number of likely N-dealkylation sites (N-methyl/N-ethyl adjacent to an activating group) is 1. The van der Waals surface area contributed by atoms with Crippen molar-refractivity contribution in [2.75, 3.05) is 26.9 Å². The Morgan fingerprint density at radius 1 is 1.03 bits per heavy atom. The van der Waals surface area contributed by atoms with Gasteiger partial charge in [0, 0.05) is 30.6 Å². The topological polar surface area (TPSA) is 78.2 Å². The van der Waals surface area contributed by atoms with Gasteiger partial charge in [-0.25, -0.2) is 4.79 Å². The molecule has 0 saturated carbocycles. The number of methoxy groups -OCH3 is 1. The van der Waals surface area contributed by atoms with Crippen molar-refractivity contribution in [2.45, 2.75) is 27.3 Å². The third kappa shape index (κ3) is 5.36. The minimum Gasteiger partial charge on any atom is -0.493 e. The van der Waals surface area contributed by atoms with E-state index < -0.39 is 5.63 Å². The van der Waals surface area contributed by atoms with Crippen LogP contribution in [0.3, 0.4) is 0 Å². The number of hydrogen-bond acceptors (Lipinski definition) is 6. The number of carbonyl (C=O) groups is 1. The van der Waals surface area contributed by atoms with Crippen LogP contribution in [0.2, 0.25) is 0 Å². The summed E-state index contributed by atoms with van der Waals surface area (Å²) in [5.41, 5.74) is 1.78. The second-order valence-electron chi connectivity index (χ2n) is 7.02. The molecule has 0 bridgehead atoms. The third-order valence-corrected chi connectivity index (χ3v) is 4.92. The second-order valence-corrected chi connectivity index (χ2v) is 7.02. The van der Waals surface area contributed by atoms with Crippen LogP contribution in [0.5, 0.6) is 17.2 Å². The minimum absolute atomic E-state index is 0.121. The number of carbonyl (C=O) groups excluding carboxylic acids is 1. The van der Waals surface area contributed by atoms with E-state index in [2.05, 4.69) is 0 Å². The van der Waals surface area contributed by atoms with Gasteiger partial charge in [-0.1, -0.05) is 6.07 Å². The number of amides is 1. The number of hydrogen-bond donors (Lipinski definition) is 0. The van der Waals surface area contributed by atoms with E-state index >= 15 is 0 Å². The lowest BCUT2D eigenvalue weighted by atomic mass is 10.1. The highest BCUT2D eigenvalue weighted by molar-refractivity contribution is 5.81. The first-order chi connectivity index (χ1) is 14.9. The molecule has 1 aromatic heterocycles. The molecule has 0 radical (unpaired) electrons. The molecule has 0 aliphatic rings. The minimum atomic E-state index is -0.416. The van der Waals surface area contributed by atoms with Gasteiger partial charge in [0.1, 0.15) is 11.3 Å². The van der Waals surface area contributed by atoms with E-state index in [-0.39, 0.29) is 12.5 Å². The Morgan fingerprint density at radius 2 is 1.84 bits per heavy atom. The van der Waals surface area contributed by atoms with Crippen LogP contribution in [0.15, 0.2) is 51.7 Å². The maximum atomic E-state index is 12.7. The molecule has 0 saturated heterocycles. The molecule has 0 aliphatic heterocycles. The van der Waals surface area contributed by atoms with Gasteiger partial charge in [-0.2, -0.15) is 0 Å². The molecule has 31 heavy (non-hydrogen) atoms. The first-order valence-corrected chi connectivity index (χ1v) is 10.2. The van der Waals surface area contributed by atoms with Gasteiger partial charge in [-0.15, -0.1) is 0 Å². The van der Waals surface area contributed by atoms with Crippen LogP contribution in [0, 0.1) is 6.92 Å². The Kier molecular flexibility index (Phi) is 7.18. The van der Waals surface area contributed by atoms with Crippen molar-refractivity contribution in [2.24, 2.45) is 0 Å². The first-order valence-electron chi connectivity index (χ1n) is 10.2. The molecule has 0 spiro atoms. The van der Waals surface area contributed by atoms with Crippen molar-refractivity contribution in [1.82, 2.24) is 4.90 Å². The molecule has 164 valence electrons. The molecule has 3 rings (SSSR count). The van der Waals surface area contributed by atoms with Crippen molar-refractivity contribution in [3.8, 4) is 17.2 Å². The van der Waals surface area contributed by atoms with Gasteiger partial charge in [0.15, 0.2) is 18.1 Å². The van der Waals surface area contributed by atoms with Gasteiger partial charge in [0.2, 0.25) is 0 Å². The Balaban J connectivity index is 1.67. The number of nitrogens with zero attached hydrogens (tertiary/aromatic N) is 1. The molecule has 0 fully saturated rings. The van der Waals surface area contributed by atoms with Crippen LogP contribution in [0.1, 0.15) is 25.0 Å². The van der Waals surface area contributed by atoms with Crippen LogP contribution in [0.25, 0.3) is 11.0 Å². The predicted octanol–water partition coefficient (Wildman–Crippen LogP) is 3.94. The molecule has 3 aromatic rings. The van der Waals surface area contributed by atoms with E-state index in [0.29, 0.717) is 42.5 Å². The van der Waals surface area contributed by atoms with Gasteiger partial charge < -0.3 is 23.5 Å². The Morgan fingerprint density at radius 3 is 2.55 bits per heavy atom. The van der Waals surface area contributed by atoms with Crippen molar-refractivity contribution in [1.29, 1.82) is 0 Å². The Hall–Kier alpha value is -3.48. The average molecular weight is 425 g/mol. The molecular weight excluding hydrogens is 398 g/mol. The third-order valence-electron chi connectivity index (χ3n) is 4.92. The summed E-state index contributed by atoms with van der Waals surface area (Å²) in [7, 11) is 1.59. The van der Waals surface area contributed by atoms with Gasteiger partial charge >= 0.3 is 5.63 Å². The van der Waals surface area contributed by atoms with Gasteiger partial charge in [0.25, 0.3) is 5.91 Å². The van der Waals surface area contributed by atoms with Crippen molar-refractivity contribution in [3.05, 3.63) is 64.0 Å². The number of rotatable bonds is 9. The van der Waals surface area contributed by atoms with Crippen LogP contribution in [-0.4, -0.2) is 37.7 Å². The molecule has 1 heterocycles. The summed E-state index contributed by atoms with van der Waals surface area (Å²) in [6.45, 7) is 7.05. The highest BCUT2D eigenvalue weighted by Gasteiger charge is 2.15. The SMILES string of the molecule is CCOc1ccc(CN(CC)C(=O)COc2ccc3c(C)cc(=O)oc3c2)cc1OC. The lowest BCUT2D eigenvalue weighted by Gasteiger charge is -2.22. The summed E-state index contributed by atoms with van der Waals surface area (Å²) in [6.07, 6.45) is 0. The normalized spacial score (nSPS) is 10.7. The first kappa shape index (κ1) is 22.2. The Labute approximate surface area is 181 Å². The number of benzene rings is 2. The van der Waals surface area contributed by atoms with Crippen LogP contribution in [0.4, 0.5) is 0 Å². The fraction of sp³-hybridized carbons (Fsp3) is 0.333. The summed E-state index contributed by atoms with van der Waals surface area (Å²) >= 11 is 0. The predicted molar refractivity (Wildman–Crippen MR) is 118 cm³/mol. The molecule has 0 N–H and O–H groups in total. The summed E-state index contributed by atoms with van der Waals surface area (Å²) < 4.78 is 21.8. The smallest absolute Gasteiger partial charge is 0.336 e. The number of fused-ring (bicyclic) bond motifs is 1. The molecule has 0 atom stereocenters. The molecule has 0 aliphatic carbocycles. The van der Waals surface area contributed by atoms with Gasteiger partial charge in [-0.3, -0.25) is 4.79 Å². The van der Waals surface area contributed by atoms with Crippen molar-refractivity contribution < 1.29 is 23.4 Å². The number of ether oxygens (including phenoxy) is 3. The van der Waals surface area contributed by atoms with E-state index in [1.54, 1.807) is 24.1 Å². The Bertz CT molecular complexity index is 1120. The van der Waals surface area contributed by atoms with E-state index in [0.717, 1.165) is 16.5 Å². The average Bonchev–Trinajstić information content (AvgIpc) is 2.76.